The Kier molecular flexibility index (Phi) is 6.41. The minimum Gasteiger partial charge on any atom is -0.468 e. The number of hydrogen-bond acceptors (Lipinski definition) is 7. The third-order valence-corrected chi connectivity index (χ3v) is 4.33. The Bertz CT molecular complexity index is 1120. The second-order valence-electron chi connectivity index (χ2n) is 6.26. The molecule has 1 atom stereocenters. The molecule has 156 valence electrons. The molecule has 0 N–H and O–H groups in total. The molecule has 9 heteroatoms. The Morgan fingerprint density at radius 1 is 1.27 bits per heavy atom. The van der Waals surface area contributed by atoms with Gasteiger partial charge in [-0.25, -0.2) is 14.2 Å². The molecule has 0 aliphatic carbocycles. The van der Waals surface area contributed by atoms with Gasteiger partial charge in [-0.2, -0.15) is 0 Å². The fourth-order valence-corrected chi connectivity index (χ4v) is 2.86. The lowest BCUT2D eigenvalue weighted by Crippen LogP contribution is -2.19. The van der Waals surface area contributed by atoms with E-state index in [0.717, 1.165) is 12.3 Å². The van der Waals surface area contributed by atoms with Crippen molar-refractivity contribution in [2.45, 2.75) is 19.4 Å². The standard InChI is InChI=1S/C21H19FN2O6/c1-3-29-20(26)16-11-23-19(30-16)18(21(27)28-2)13-7-8-14(15(22)10-13)12-24-9-5-4-6-17(24)25/h4-11,18H,3,12H2,1-2H3. The topological polar surface area (TPSA) is 101 Å². The number of oxazole rings is 1. The van der Waals surface area contributed by atoms with Crippen LogP contribution in [-0.4, -0.2) is 35.2 Å². The maximum absolute atomic E-state index is 14.8. The van der Waals surface area contributed by atoms with Crippen LogP contribution in [0.4, 0.5) is 4.39 Å². The first-order valence-electron chi connectivity index (χ1n) is 9.09. The van der Waals surface area contributed by atoms with Crippen molar-refractivity contribution in [2.75, 3.05) is 13.7 Å². The quantitative estimate of drug-likeness (QED) is 0.548. The van der Waals surface area contributed by atoms with Crippen molar-refractivity contribution >= 4 is 11.9 Å². The van der Waals surface area contributed by atoms with Gasteiger partial charge in [-0.05, 0) is 24.6 Å². The van der Waals surface area contributed by atoms with Crippen molar-refractivity contribution in [1.82, 2.24) is 9.55 Å². The van der Waals surface area contributed by atoms with E-state index >= 15 is 0 Å². The fourth-order valence-electron chi connectivity index (χ4n) is 2.86. The highest BCUT2D eigenvalue weighted by molar-refractivity contribution is 5.86. The Morgan fingerprint density at radius 3 is 2.73 bits per heavy atom. The zero-order valence-corrected chi connectivity index (χ0v) is 16.3. The normalized spacial score (nSPS) is 11.7. The van der Waals surface area contributed by atoms with Gasteiger partial charge in [-0.3, -0.25) is 9.59 Å². The third-order valence-electron chi connectivity index (χ3n) is 4.33. The van der Waals surface area contributed by atoms with Gasteiger partial charge in [0.2, 0.25) is 11.7 Å². The SMILES string of the molecule is CCOC(=O)c1cnc(C(C(=O)OC)c2ccc(Cn3ccccc3=O)c(F)c2)o1. The van der Waals surface area contributed by atoms with Gasteiger partial charge in [0, 0.05) is 17.8 Å². The fraction of sp³-hybridized carbons (Fsp3) is 0.238. The van der Waals surface area contributed by atoms with Crippen LogP contribution in [0.15, 0.2) is 58.0 Å². The number of carbonyl (C=O) groups is 2. The summed E-state index contributed by atoms with van der Waals surface area (Å²) >= 11 is 0. The lowest BCUT2D eigenvalue weighted by atomic mass is 9.97. The van der Waals surface area contributed by atoms with Gasteiger partial charge >= 0.3 is 11.9 Å². The van der Waals surface area contributed by atoms with Crippen LogP contribution >= 0.6 is 0 Å². The Hall–Kier alpha value is -3.75. The summed E-state index contributed by atoms with van der Waals surface area (Å²) in [6.45, 7) is 1.81. The van der Waals surface area contributed by atoms with E-state index in [1.54, 1.807) is 25.3 Å². The van der Waals surface area contributed by atoms with E-state index in [0.29, 0.717) is 0 Å². The number of ether oxygens (including phenoxy) is 2. The second-order valence-corrected chi connectivity index (χ2v) is 6.26. The first kappa shape index (κ1) is 21.0. The summed E-state index contributed by atoms with van der Waals surface area (Å²) in [5.74, 6) is -3.57. The van der Waals surface area contributed by atoms with E-state index in [-0.39, 0.29) is 41.5 Å². The van der Waals surface area contributed by atoms with Crippen LogP contribution in [0.5, 0.6) is 0 Å². The van der Waals surface area contributed by atoms with Gasteiger partial charge < -0.3 is 18.5 Å². The first-order valence-corrected chi connectivity index (χ1v) is 9.09. The minimum absolute atomic E-state index is 0.0285. The lowest BCUT2D eigenvalue weighted by Gasteiger charge is -2.13. The van der Waals surface area contributed by atoms with E-state index in [1.165, 1.54) is 29.9 Å². The number of benzene rings is 1. The van der Waals surface area contributed by atoms with Crippen molar-refractivity contribution in [3.63, 3.8) is 0 Å². The van der Waals surface area contributed by atoms with E-state index in [2.05, 4.69) is 4.98 Å². The molecule has 2 aromatic heterocycles. The maximum atomic E-state index is 14.8. The highest BCUT2D eigenvalue weighted by atomic mass is 19.1. The number of methoxy groups -OCH3 is 1. The molecule has 0 bridgehead atoms. The number of hydrogen-bond donors (Lipinski definition) is 0. The third kappa shape index (κ3) is 4.45. The van der Waals surface area contributed by atoms with Crippen molar-refractivity contribution < 1.29 is 27.9 Å². The Labute approximate surface area is 170 Å². The molecule has 3 aromatic rings. The van der Waals surface area contributed by atoms with E-state index < -0.39 is 23.7 Å². The molecule has 0 saturated heterocycles. The Morgan fingerprint density at radius 2 is 2.07 bits per heavy atom. The van der Waals surface area contributed by atoms with Crippen LogP contribution in [0.1, 0.15) is 40.4 Å². The van der Waals surface area contributed by atoms with Crippen LogP contribution in [0.3, 0.4) is 0 Å². The van der Waals surface area contributed by atoms with Gasteiger partial charge in [-0.15, -0.1) is 0 Å². The van der Waals surface area contributed by atoms with Gasteiger partial charge in [0.05, 0.1) is 26.5 Å². The molecule has 30 heavy (non-hydrogen) atoms. The molecule has 0 fully saturated rings. The van der Waals surface area contributed by atoms with Crippen LogP contribution < -0.4 is 5.56 Å². The molecular weight excluding hydrogens is 395 g/mol. The minimum atomic E-state index is -1.18. The molecule has 0 saturated carbocycles. The summed E-state index contributed by atoms with van der Waals surface area (Å²) in [5, 5.41) is 0. The molecule has 1 aromatic carbocycles. The summed E-state index contributed by atoms with van der Waals surface area (Å²) in [4.78, 5) is 39.9. The summed E-state index contributed by atoms with van der Waals surface area (Å²) in [6, 6.07) is 8.78. The van der Waals surface area contributed by atoms with Crippen molar-refractivity contribution in [2.24, 2.45) is 0 Å². The van der Waals surface area contributed by atoms with Gasteiger partial charge in [0.15, 0.2) is 5.92 Å². The molecule has 0 amide bonds. The van der Waals surface area contributed by atoms with Crippen LogP contribution in [0.2, 0.25) is 0 Å². The molecular formula is C21H19FN2O6. The second kappa shape index (κ2) is 9.17. The molecule has 0 radical (unpaired) electrons. The summed E-state index contributed by atoms with van der Waals surface area (Å²) < 4.78 is 31.1. The summed E-state index contributed by atoms with van der Waals surface area (Å²) in [5.41, 5.74) is 0.218. The predicted molar refractivity (Wildman–Crippen MR) is 103 cm³/mol. The maximum Gasteiger partial charge on any atom is 0.375 e. The number of pyridine rings is 1. The van der Waals surface area contributed by atoms with Crippen molar-refractivity contribution in [3.05, 3.63) is 87.7 Å². The molecule has 0 aliphatic rings. The number of nitrogens with zero attached hydrogens (tertiary/aromatic N) is 2. The Balaban J connectivity index is 1.93. The zero-order chi connectivity index (χ0) is 21.7. The highest BCUT2D eigenvalue weighted by Crippen LogP contribution is 2.28. The van der Waals surface area contributed by atoms with Crippen LogP contribution in [-0.2, 0) is 20.8 Å². The highest BCUT2D eigenvalue weighted by Gasteiger charge is 2.30. The van der Waals surface area contributed by atoms with E-state index in [1.807, 2.05) is 0 Å². The smallest absolute Gasteiger partial charge is 0.375 e. The lowest BCUT2D eigenvalue weighted by molar-refractivity contribution is -0.141. The number of halogens is 1. The largest absolute Gasteiger partial charge is 0.468 e. The van der Waals surface area contributed by atoms with E-state index in [9.17, 15) is 18.8 Å². The monoisotopic (exact) mass is 414 g/mol. The number of rotatable bonds is 7. The van der Waals surface area contributed by atoms with E-state index in [4.69, 9.17) is 13.9 Å². The van der Waals surface area contributed by atoms with Crippen molar-refractivity contribution in [1.29, 1.82) is 0 Å². The van der Waals surface area contributed by atoms with Gasteiger partial charge in [0.25, 0.3) is 5.56 Å². The van der Waals surface area contributed by atoms with Gasteiger partial charge in [0.1, 0.15) is 5.82 Å². The first-order chi connectivity index (χ1) is 14.4. The molecule has 3 rings (SSSR count). The molecule has 0 aliphatic heterocycles. The molecule has 1 unspecified atom stereocenters. The summed E-state index contributed by atoms with van der Waals surface area (Å²) in [6.07, 6.45) is 2.69. The number of esters is 2. The number of carbonyl (C=O) groups excluding carboxylic acids is 2. The molecule has 8 nitrogen and oxygen atoms in total. The predicted octanol–water partition coefficient (Wildman–Crippen LogP) is 2.51. The molecule has 2 heterocycles. The van der Waals surface area contributed by atoms with Gasteiger partial charge in [-0.1, -0.05) is 18.2 Å². The average molecular weight is 414 g/mol. The zero-order valence-electron chi connectivity index (χ0n) is 16.3. The van der Waals surface area contributed by atoms with Crippen LogP contribution in [0, 0.1) is 5.82 Å². The van der Waals surface area contributed by atoms with Crippen molar-refractivity contribution in [3.8, 4) is 0 Å². The number of aromatic nitrogens is 2. The summed E-state index contributed by atoms with van der Waals surface area (Å²) in [7, 11) is 1.18. The average Bonchev–Trinajstić information content (AvgIpc) is 3.21. The molecule has 0 spiro atoms. The van der Waals surface area contributed by atoms with Crippen LogP contribution in [0.25, 0.3) is 0 Å².